The van der Waals surface area contributed by atoms with E-state index in [1.807, 2.05) is 4.90 Å². The number of rotatable bonds is 4. The first-order chi connectivity index (χ1) is 10.0. The predicted octanol–water partition coefficient (Wildman–Crippen LogP) is 3.73. The number of hydrogen-bond acceptors (Lipinski definition) is 2. The minimum Gasteiger partial charge on any atom is -0.367 e. The summed E-state index contributed by atoms with van der Waals surface area (Å²) >= 11 is 0. The van der Waals surface area contributed by atoms with E-state index in [1.165, 1.54) is 12.1 Å². The van der Waals surface area contributed by atoms with E-state index in [0.29, 0.717) is 30.4 Å². The minimum atomic E-state index is -0.457. The van der Waals surface area contributed by atoms with Crippen LogP contribution in [0.1, 0.15) is 38.7 Å². The SMILES string of the molecule is CC(C)C1CCCN(c2c(F)cc(CCN)cc2F)CC1. The van der Waals surface area contributed by atoms with Gasteiger partial charge in [-0.05, 0) is 61.8 Å². The van der Waals surface area contributed by atoms with E-state index in [-0.39, 0.29) is 5.69 Å². The highest BCUT2D eigenvalue weighted by atomic mass is 19.1. The van der Waals surface area contributed by atoms with Crippen LogP contribution < -0.4 is 10.6 Å². The first-order valence-corrected chi connectivity index (χ1v) is 7.96. The molecule has 0 aliphatic carbocycles. The Morgan fingerprint density at radius 2 is 1.86 bits per heavy atom. The molecule has 0 amide bonds. The molecule has 1 unspecified atom stereocenters. The van der Waals surface area contributed by atoms with Crippen molar-refractivity contribution >= 4 is 5.69 Å². The number of benzene rings is 1. The number of anilines is 1. The number of halogens is 2. The number of hydrogen-bond donors (Lipinski definition) is 1. The maximum atomic E-state index is 14.3. The quantitative estimate of drug-likeness (QED) is 0.917. The molecule has 1 aliphatic heterocycles. The highest BCUT2D eigenvalue weighted by Gasteiger charge is 2.23. The van der Waals surface area contributed by atoms with Crippen molar-refractivity contribution in [3.63, 3.8) is 0 Å². The summed E-state index contributed by atoms with van der Waals surface area (Å²) in [7, 11) is 0. The molecular weight excluding hydrogens is 270 g/mol. The lowest BCUT2D eigenvalue weighted by Crippen LogP contribution is -2.26. The maximum absolute atomic E-state index is 14.3. The molecule has 0 radical (unpaired) electrons. The Hall–Kier alpha value is -1.16. The van der Waals surface area contributed by atoms with Crippen molar-refractivity contribution < 1.29 is 8.78 Å². The zero-order chi connectivity index (χ0) is 15.4. The third-order valence-electron chi connectivity index (χ3n) is 4.54. The summed E-state index contributed by atoms with van der Waals surface area (Å²) in [5.74, 6) is 0.368. The van der Waals surface area contributed by atoms with Gasteiger partial charge in [0.25, 0.3) is 0 Å². The Bertz CT molecular complexity index is 451. The molecule has 1 heterocycles. The van der Waals surface area contributed by atoms with Crippen LogP contribution in [0.5, 0.6) is 0 Å². The van der Waals surface area contributed by atoms with Gasteiger partial charge in [-0.15, -0.1) is 0 Å². The molecule has 2 nitrogen and oxygen atoms in total. The summed E-state index contributed by atoms with van der Waals surface area (Å²) in [5, 5.41) is 0. The monoisotopic (exact) mass is 296 g/mol. The highest BCUT2D eigenvalue weighted by Crippen LogP contribution is 2.30. The van der Waals surface area contributed by atoms with Gasteiger partial charge >= 0.3 is 0 Å². The second-order valence-corrected chi connectivity index (χ2v) is 6.37. The van der Waals surface area contributed by atoms with Gasteiger partial charge in [0.15, 0.2) is 0 Å². The number of nitrogens with zero attached hydrogens (tertiary/aromatic N) is 1. The van der Waals surface area contributed by atoms with Gasteiger partial charge in [-0.2, -0.15) is 0 Å². The van der Waals surface area contributed by atoms with Gasteiger partial charge in [0.1, 0.15) is 17.3 Å². The highest BCUT2D eigenvalue weighted by molar-refractivity contribution is 5.51. The molecule has 1 aliphatic rings. The fourth-order valence-electron chi connectivity index (χ4n) is 3.24. The van der Waals surface area contributed by atoms with E-state index in [1.54, 1.807) is 0 Å². The largest absolute Gasteiger partial charge is 0.367 e. The molecule has 1 aromatic rings. The van der Waals surface area contributed by atoms with Crippen LogP contribution in [0.2, 0.25) is 0 Å². The van der Waals surface area contributed by atoms with E-state index >= 15 is 0 Å². The van der Waals surface area contributed by atoms with Gasteiger partial charge in [-0.25, -0.2) is 8.78 Å². The summed E-state index contributed by atoms with van der Waals surface area (Å²) in [6.45, 7) is 6.31. The Kier molecular flexibility index (Phi) is 5.57. The van der Waals surface area contributed by atoms with Gasteiger partial charge in [0, 0.05) is 13.1 Å². The van der Waals surface area contributed by atoms with Crippen LogP contribution in [0.3, 0.4) is 0 Å². The summed E-state index contributed by atoms with van der Waals surface area (Å²) in [5.41, 5.74) is 6.22. The molecule has 0 saturated carbocycles. The molecule has 2 rings (SSSR count). The predicted molar refractivity (Wildman–Crippen MR) is 83.5 cm³/mol. The Labute approximate surface area is 126 Å². The normalized spacial score (nSPS) is 19.9. The lowest BCUT2D eigenvalue weighted by atomic mass is 9.89. The smallest absolute Gasteiger partial charge is 0.149 e. The average molecular weight is 296 g/mol. The molecular formula is C17H26F2N2. The van der Waals surface area contributed by atoms with Crippen LogP contribution in [0.4, 0.5) is 14.5 Å². The first-order valence-electron chi connectivity index (χ1n) is 7.96. The lowest BCUT2D eigenvalue weighted by molar-refractivity contribution is 0.351. The molecule has 1 aromatic carbocycles. The van der Waals surface area contributed by atoms with Crippen molar-refractivity contribution in [2.75, 3.05) is 24.5 Å². The summed E-state index contributed by atoms with van der Waals surface area (Å²) < 4.78 is 28.6. The van der Waals surface area contributed by atoms with Gasteiger partial charge < -0.3 is 10.6 Å². The van der Waals surface area contributed by atoms with Gasteiger partial charge in [0.2, 0.25) is 0 Å². The lowest BCUT2D eigenvalue weighted by Gasteiger charge is -2.25. The minimum absolute atomic E-state index is 0.139. The van der Waals surface area contributed by atoms with Crippen molar-refractivity contribution in [3.05, 3.63) is 29.3 Å². The molecule has 4 heteroatoms. The van der Waals surface area contributed by atoms with Gasteiger partial charge in [-0.1, -0.05) is 13.8 Å². The number of nitrogens with two attached hydrogens (primary N) is 1. The molecule has 0 aromatic heterocycles. The molecule has 1 atom stereocenters. The standard InChI is InChI=1S/C17H26F2N2/c1-12(2)14-4-3-8-21(9-6-14)17-15(18)10-13(5-7-20)11-16(17)19/h10-12,14H,3-9,20H2,1-2H3. The van der Waals surface area contributed by atoms with Crippen LogP contribution >= 0.6 is 0 Å². The summed E-state index contributed by atoms with van der Waals surface area (Å²) in [6, 6.07) is 2.85. The third-order valence-corrected chi connectivity index (χ3v) is 4.54. The van der Waals surface area contributed by atoms with E-state index < -0.39 is 11.6 Å². The zero-order valence-corrected chi connectivity index (χ0v) is 13.0. The van der Waals surface area contributed by atoms with Crippen molar-refractivity contribution in [3.8, 4) is 0 Å². The fourth-order valence-corrected chi connectivity index (χ4v) is 3.24. The second kappa shape index (κ2) is 7.21. The van der Waals surface area contributed by atoms with Crippen molar-refractivity contribution in [1.29, 1.82) is 0 Å². The van der Waals surface area contributed by atoms with Crippen LogP contribution in [-0.2, 0) is 6.42 Å². The van der Waals surface area contributed by atoms with Crippen molar-refractivity contribution in [1.82, 2.24) is 0 Å². The van der Waals surface area contributed by atoms with Crippen LogP contribution in [0, 0.1) is 23.5 Å². The maximum Gasteiger partial charge on any atom is 0.149 e. The molecule has 118 valence electrons. The average Bonchev–Trinajstić information content (AvgIpc) is 2.64. The molecule has 0 bridgehead atoms. The third kappa shape index (κ3) is 3.94. The Morgan fingerprint density at radius 3 is 2.43 bits per heavy atom. The van der Waals surface area contributed by atoms with Crippen LogP contribution in [-0.4, -0.2) is 19.6 Å². The molecule has 21 heavy (non-hydrogen) atoms. The Balaban J connectivity index is 2.18. The fraction of sp³-hybridized carbons (Fsp3) is 0.647. The van der Waals surface area contributed by atoms with E-state index in [2.05, 4.69) is 13.8 Å². The van der Waals surface area contributed by atoms with E-state index in [9.17, 15) is 8.78 Å². The van der Waals surface area contributed by atoms with Gasteiger partial charge in [-0.3, -0.25) is 0 Å². The first kappa shape index (κ1) is 16.2. The van der Waals surface area contributed by atoms with E-state index in [4.69, 9.17) is 5.73 Å². The molecule has 1 fully saturated rings. The molecule has 1 saturated heterocycles. The van der Waals surface area contributed by atoms with Crippen LogP contribution in [0.25, 0.3) is 0 Å². The summed E-state index contributed by atoms with van der Waals surface area (Å²) in [6.07, 6.45) is 3.64. The van der Waals surface area contributed by atoms with Gasteiger partial charge in [0.05, 0.1) is 0 Å². The Morgan fingerprint density at radius 1 is 1.19 bits per heavy atom. The van der Waals surface area contributed by atoms with E-state index in [0.717, 1.165) is 32.4 Å². The molecule has 2 N–H and O–H groups in total. The zero-order valence-electron chi connectivity index (χ0n) is 13.0. The second-order valence-electron chi connectivity index (χ2n) is 6.37. The van der Waals surface area contributed by atoms with Crippen molar-refractivity contribution in [2.24, 2.45) is 17.6 Å². The topological polar surface area (TPSA) is 29.3 Å². The van der Waals surface area contributed by atoms with Crippen LogP contribution in [0.15, 0.2) is 12.1 Å². The van der Waals surface area contributed by atoms with Crippen molar-refractivity contribution in [2.45, 2.75) is 39.5 Å². The summed E-state index contributed by atoms with van der Waals surface area (Å²) in [4.78, 5) is 1.87. The molecule has 0 spiro atoms.